The molecule has 1 aliphatic carbocycles. The number of hydrogen-bond acceptors (Lipinski definition) is 1. The molecule has 40 heavy (non-hydrogen) atoms. The first-order valence-corrected chi connectivity index (χ1v) is 15.3. The van der Waals surface area contributed by atoms with Gasteiger partial charge in [-0.15, -0.1) is 0 Å². The summed E-state index contributed by atoms with van der Waals surface area (Å²) in [5.74, 6) is 0.694. The molecule has 0 bridgehead atoms. The molecule has 0 saturated carbocycles. The van der Waals surface area contributed by atoms with E-state index in [0.29, 0.717) is 0 Å². The summed E-state index contributed by atoms with van der Waals surface area (Å²) in [6, 6.07) is 29.4. The summed E-state index contributed by atoms with van der Waals surface area (Å²) in [5, 5.41) is 0. The summed E-state index contributed by atoms with van der Waals surface area (Å²) < 4.78 is 19.3. The highest BCUT2D eigenvalue weighted by molar-refractivity contribution is 5.86. The molecular formula is C38H43FO. The molecule has 5 rings (SSSR count). The molecular weight excluding hydrogens is 491 g/mol. The lowest BCUT2D eigenvalue weighted by Gasteiger charge is -2.33. The Kier molecular flexibility index (Phi) is 9.04. The summed E-state index contributed by atoms with van der Waals surface area (Å²) in [6.07, 6.45) is 12.4. The molecule has 0 fully saturated rings. The van der Waals surface area contributed by atoms with Crippen molar-refractivity contribution in [2.75, 3.05) is 7.11 Å². The molecule has 0 aliphatic heterocycles. The highest BCUT2D eigenvalue weighted by atomic mass is 19.1. The third-order valence-corrected chi connectivity index (χ3v) is 8.86. The number of rotatable bonds is 13. The lowest BCUT2D eigenvalue weighted by atomic mass is 9.70. The van der Waals surface area contributed by atoms with Crippen LogP contribution in [-0.4, -0.2) is 7.11 Å². The van der Waals surface area contributed by atoms with Gasteiger partial charge in [0.15, 0.2) is 0 Å². The number of fused-ring (bicyclic) bond motifs is 3. The van der Waals surface area contributed by atoms with E-state index in [1.807, 2.05) is 18.2 Å². The highest BCUT2D eigenvalue weighted by Gasteiger charge is 2.42. The van der Waals surface area contributed by atoms with Gasteiger partial charge in [0.25, 0.3) is 0 Å². The first kappa shape index (κ1) is 28.1. The molecule has 0 atom stereocenters. The van der Waals surface area contributed by atoms with Crippen molar-refractivity contribution in [3.8, 4) is 39.1 Å². The number of halogens is 1. The summed E-state index contributed by atoms with van der Waals surface area (Å²) in [7, 11) is 1.73. The number of benzene rings is 4. The van der Waals surface area contributed by atoms with Crippen molar-refractivity contribution in [1.82, 2.24) is 0 Å². The van der Waals surface area contributed by atoms with Gasteiger partial charge in [-0.3, -0.25) is 0 Å². The second kappa shape index (κ2) is 12.9. The lowest BCUT2D eigenvalue weighted by molar-refractivity contribution is 0.401. The van der Waals surface area contributed by atoms with Gasteiger partial charge in [0.2, 0.25) is 0 Å². The standard InChI is InChI=1S/C38H43FO/c1-4-6-8-10-23-38(24-11-9-7-5-2)36-26-30(28-15-19-32(39)20-16-28)17-21-34(36)35-22-18-31(27-37(35)38)29-13-12-14-33(25-29)40-3/h12-22,25-27H,4-11,23-24H2,1-3H3. The van der Waals surface area contributed by atoms with Crippen LogP contribution in [0.1, 0.15) is 89.2 Å². The van der Waals surface area contributed by atoms with Crippen LogP contribution >= 0.6 is 0 Å². The molecule has 4 aromatic rings. The van der Waals surface area contributed by atoms with Gasteiger partial charge in [-0.1, -0.05) is 114 Å². The maximum absolute atomic E-state index is 13.7. The Morgan fingerprint density at radius 1 is 0.575 bits per heavy atom. The Hall–Kier alpha value is -3.39. The predicted molar refractivity (Wildman–Crippen MR) is 168 cm³/mol. The van der Waals surface area contributed by atoms with Crippen LogP contribution in [0.5, 0.6) is 5.75 Å². The smallest absolute Gasteiger partial charge is 0.123 e. The summed E-state index contributed by atoms with van der Waals surface area (Å²) in [4.78, 5) is 0. The summed E-state index contributed by atoms with van der Waals surface area (Å²) in [6.45, 7) is 4.58. The third-order valence-electron chi connectivity index (χ3n) is 8.86. The normalized spacial score (nSPS) is 13.2. The molecule has 0 aromatic heterocycles. The molecule has 208 valence electrons. The van der Waals surface area contributed by atoms with Gasteiger partial charge in [-0.05, 0) is 93.7 Å². The average Bonchev–Trinajstić information content (AvgIpc) is 3.26. The second-order valence-corrected chi connectivity index (χ2v) is 11.5. The van der Waals surface area contributed by atoms with Gasteiger partial charge in [-0.25, -0.2) is 4.39 Å². The summed E-state index contributed by atoms with van der Waals surface area (Å²) in [5.41, 5.74) is 10.3. The van der Waals surface area contributed by atoms with Crippen LogP contribution in [0.25, 0.3) is 33.4 Å². The molecule has 2 heteroatoms. The fourth-order valence-electron chi connectivity index (χ4n) is 6.67. The van der Waals surface area contributed by atoms with Crippen molar-refractivity contribution < 1.29 is 9.13 Å². The molecule has 0 spiro atoms. The third kappa shape index (κ3) is 5.73. The van der Waals surface area contributed by atoms with Crippen molar-refractivity contribution in [1.29, 1.82) is 0 Å². The fraction of sp³-hybridized carbons (Fsp3) is 0.368. The molecule has 0 unspecified atom stereocenters. The van der Waals surface area contributed by atoms with E-state index in [1.54, 1.807) is 19.2 Å². The van der Waals surface area contributed by atoms with E-state index in [4.69, 9.17) is 4.74 Å². The van der Waals surface area contributed by atoms with Crippen molar-refractivity contribution in [2.24, 2.45) is 0 Å². The first-order valence-electron chi connectivity index (χ1n) is 15.3. The molecule has 0 N–H and O–H groups in total. The van der Waals surface area contributed by atoms with E-state index in [1.165, 1.54) is 90.3 Å². The van der Waals surface area contributed by atoms with Crippen LogP contribution in [0.2, 0.25) is 0 Å². The lowest BCUT2D eigenvalue weighted by Crippen LogP contribution is -2.25. The van der Waals surface area contributed by atoms with E-state index < -0.39 is 0 Å². The minimum absolute atomic E-state index is 0.0168. The van der Waals surface area contributed by atoms with Crippen molar-refractivity contribution in [3.05, 3.63) is 102 Å². The minimum atomic E-state index is -0.191. The van der Waals surface area contributed by atoms with E-state index in [0.717, 1.165) is 24.2 Å². The zero-order valence-electron chi connectivity index (χ0n) is 24.4. The van der Waals surface area contributed by atoms with Gasteiger partial charge in [0.1, 0.15) is 11.6 Å². The van der Waals surface area contributed by atoms with Crippen molar-refractivity contribution in [2.45, 2.75) is 83.5 Å². The number of hydrogen-bond donors (Lipinski definition) is 0. The quantitative estimate of drug-likeness (QED) is 0.155. The van der Waals surface area contributed by atoms with E-state index in [-0.39, 0.29) is 11.2 Å². The van der Waals surface area contributed by atoms with Gasteiger partial charge in [-0.2, -0.15) is 0 Å². The van der Waals surface area contributed by atoms with Crippen LogP contribution in [0, 0.1) is 5.82 Å². The Bertz CT molecular complexity index is 1410. The molecule has 0 radical (unpaired) electrons. The fourth-order valence-corrected chi connectivity index (χ4v) is 6.67. The van der Waals surface area contributed by atoms with Gasteiger partial charge in [0.05, 0.1) is 7.11 Å². The SMILES string of the molecule is CCCCCCC1(CCCCCC)c2cc(-c3ccc(F)cc3)ccc2-c2ccc(-c3cccc(OC)c3)cc21. The summed E-state index contributed by atoms with van der Waals surface area (Å²) >= 11 is 0. The molecule has 0 saturated heterocycles. The van der Waals surface area contributed by atoms with Crippen LogP contribution in [0.3, 0.4) is 0 Å². The van der Waals surface area contributed by atoms with Crippen molar-refractivity contribution in [3.63, 3.8) is 0 Å². The Morgan fingerprint density at radius 3 is 1.65 bits per heavy atom. The zero-order chi connectivity index (χ0) is 28.0. The maximum atomic E-state index is 13.7. The van der Waals surface area contributed by atoms with Crippen LogP contribution in [0.4, 0.5) is 4.39 Å². The van der Waals surface area contributed by atoms with E-state index in [9.17, 15) is 4.39 Å². The Balaban J connectivity index is 1.65. The number of methoxy groups -OCH3 is 1. The van der Waals surface area contributed by atoms with Gasteiger partial charge >= 0.3 is 0 Å². The number of ether oxygens (including phenoxy) is 1. The molecule has 0 heterocycles. The highest BCUT2D eigenvalue weighted by Crippen LogP contribution is 2.55. The van der Waals surface area contributed by atoms with Crippen LogP contribution in [-0.2, 0) is 5.41 Å². The topological polar surface area (TPSA) is 9.23 Å². The molecule has 1 aliphatic rings. The van der Waals surface area contributed by atoms with Crippen LogP contribution in [0.15, 0.2) is 84.9 Å². The predicted octanol–water partition coefficient (Wildman–Crippen LogP) is 11.4. The molecule has 1 nitrogen and oxygen atoms in total. The van der Waals surface area contributed by atoms with Crippen molar-refractivity contribution >= 4 is 0 Å². The Morgan fingerprint density at radius 2 is 1.10 bits per heavy atom. The largest absolute Gasteiger partial charge is 0.497 e. The van der Waals surface area contributed by atoms with Gasteiger partial charge in [0, 0.05) is 5.41 Å². The molecule has 4 aromatic carbocycles. The zero-order valence-corrected chi connectivity index (χ0v) is 24.4. The average molecular weight is 535 g/mol. The first-order chi connectivity index (χ1) is 19.6. The maximum Gasteiger partial charge on any atom is 0.123 e. The van der Waals surface area contributed by atoms with Gasteiger partial charge < -0.3 is 4.74 Å². The van der Waals surface area contributed by atoms with Crippen LogP contribution < -0.4 is 4.74 Å². The Labute approximate surface area is 240 Å². The number of unbranched alkanes of at least 4 members (excludes halogenated alkanes) is 6. The minimum Gasteiger partial charge on any atom is -0.497 e. The monoisotopic (exact) mass is 534 g/mol. The second-order valence-electron chi connectivity index (χ2n) is 11.5. The van der Waals surface area contributed by atoms with E-state index >= 15 is 0 Å². The van der Waals surface area contributed by atoms with E-state index in [2.05, 4.69) is 68.4 Å². The molecule has 0 amide bonds.